The van der Waals surface area contributed by atoms with Gasteiger partial charge < -0.3 is 27.9 Å². The highest BCUT2D eigenvalue weighted by Crippen LogP contribution is 2.38. The molecule has 0 aliphatic carbocycles. The van der Waals surface area contributed by atoms with Crippen LogP contribution in [0.3, 0.4) is 0 Å². The van der Waals surface area contributed by atoms with Gasteiger partial charge in [0, 0.05) is 12.8 Å². The van der Waals surface area contributed by atoms with Crippen molar-refractivity contribution in [1.29, 1.82) is 0 Å². The molecule has 0 aromatic rings. The van der Waals surface area contributed by atoms with Crippen LogP contribution < -0.4 is 4.89 Å². The summed E-state index contributed by atoms with van der Waals surface area (Å²) in [6, 6.07) is 0. The van der Waals surface area contributed by atoms with Crippen molar-refractivity contribution in [3.05, 3.63) is 170 Å². The van der Waals surface area contributed by atoms with Crippen LogP contribution in [0, 0.1) is 0 Å². The quantitative estimate of drug-likeness (QED) is 0.0195. The van der Waals surface area contributed by atoms with Crippen LogP contribution in [0.5, 0.6) is 0 Å². The van der Waals surface area contributed by atoms with Gasteiger partial charge in [0.05, 0.1) is 27.7 Å². The van der Waals surface area contributed by atoms with Crippen LogP contribution in [0.4, 0.5) is 0 Å². The van der Waals surface area contributed by atoms with Gasteiger partial charge in [0.1, 0.15) is 19.8 Å². The van der Waals surface area contributed by atoms with Crippen molar-refractivity contribution in [3.63, 3.8) is 0 Å². The molecule has 0 aliphatic heterocycles. The van der Waals surface area contributed by atoms with Gasteiger partial charge in [-0.1, -0.05) is 396 Å². The lowest BCUT2D eigenvalue weighted by molar-refractivity contribution is -0.870. The highest BCUT2D eigenvalue weighted by molar-refractivity contribution is 7.45. The van der Waals surface area contributed by atoms with Crippen molar-refractivity contribution < 1.29 is 42.1 Å². The molecule has 0 saturated carbocycles. The predicted octanol–water partition coefficient (Wildman–Crippen LogP) is 29.3. The first kappa shape index (κ1) is 101. The van der Waals surface area contributed by atoms with Gasteiger partial charge in [0.25, 0.3) is 7.82 Å². The van der Waals surface area contributed by atoms with Crippen molar-refractivity contribution in [2.45, 2.75) is 380 Å². The number of ether oxygens (including phenoxy) is 2. The molecule has 0 rings (SSSR count). The number of carbonyl (C=O) groups is 2. The first-order valence-corrected chi connectivity index (χ1v) is 45.3. The average molecular weight is 1490 g/mol. The summed E-state index contributed by atoms with van der Waals surface area (Å²) in [6.07, 6.45) is 128. The van der Waals surface area contributed by atoms with Crippen LogP contribution in [-0.4, -0.2) is 70.0 Å². The van der Waals surface area contributed by atoms with Crippen molar-refractivity contribution in [2.75, 3.05) is 47.5 Å². The Balaban J connectivity index is 3.99. The normalized spacial score (nSPS) is 13.8. The Hall–Kier alpha value is -4.63. The molecule has 0 radical (unpaired) electrons. The van der Waals surface area contributed by atoms with Gasteiger partial charge in [-0.15, -0.1) is 0 Å². The Morgan fingerprint density at radius 2 is 0.538 bits per heavy atom. The number of phosphoric acid groups is 1. The molecule has 0 aromatic heterocycles. The van der Waals surface area contributed by atoms with Crippen LogP contribution in [0.15, 0.2) is 170 Å². The smallest absolute Gasteiger partial charge is 0.306 e. The SMILES string of the molecule is CC/C=C\C/C=C\C/C=C\C/C=C\C/C=C\C/C=C\C/C=C\C/C=C\C/C=C\C/C=C\C/C=C\CCCCCCCCCC(=O)OC(COC(=O)CCCCCCCCCCCCCCCCCCCCCCCCCCCC/C=C\C/C=C\C/C=C\CCCCCCC)COP(=O)([O-])OCC[N+](C)(C)C. The Bertz CT molecular complexity index is 2410. The number of esters is 2. The van der Waals surface area contributed by atoms with E-state index in [0.29, 0.717) is 17.4 Å². The molecule has 0 N–H and O–H groups in total. The lowest BCUT2D eigenvalue weighted by atomic mass is 10.0. The number of hydrogen-bond acceptors (Lipinski definition) is 8. The fourth-order valence-electron chi connectivity index (χ4n) is 12.1. The molecule has 9 nitrogen and oxygen atoms in total. The number of hydrogen-bond donors (Lipinski definition) is 0. The van der Waals surface area contributed by atoms with Crippen molar-refractivity contribution in [3.8, 4) is 0 Å². The summed E-state index contributed by atoms with van der Waals surface area (Å²) in [7, 11) is 1.15. The number of allylic oxidation sites excluding steroid dienone is 28. The number of quaternary nitrogens is 1. The standard InChI is InChI=1S/C96H164NO8P/c1-6-8-10-12-14-16-18-20-22-24-26-28-30-32-34-36-38-40-42-44-46-48-50-52-54-56-58-60-62-64-66-68-70-72-74-76-78-80-82-84-86-88-95(98)102-92-94(93-104-106(100,101)103-91-90-97(3,4)5)105-96(99)89-87-85-83-81-79-77-75-73-71-69-67-65-63-61-59-57-55-53-51-49-47-45-43-41-39-37-35-33-31-29-27-25-23-21-19-17-15-13-11-9-7-2/h9,11,15,17-18,20-21,23-24,26-27,29-30,32-33,35,39,41,45,47,51,53,57,59,63,65,69,71,94H,6-8,10,12-14,16,19,22,25,28,31,34,36-38,40,42-44,46,48-50,52,54-56,58,60-62,64,66-68,70,72-93H2,1-5H3/b11-9-,17-15-,20-18-,23-21-,26-24-,29-27-,32-30-,35-33-,41-39-,47-45-,53-51-,59-57-,65-63-,71-69-. The zero-order valence-electron chi connectivity index (χ0n) is 69.3. The second-order valence-corrected chi connectivity index (χ2v) is 31.6. The van der Waals surface area contributed by atoms with Crippen LogP contribution in [0.25, 0.3) is 0 Å². The summed E-state index contributed by atoms with van der Waals surface area (Å²) in [5, 5.41) is 0. The van der Waals surface area contributed by atoms with Gasteiger partial charge in [-0.3, -0.25) is 14.2 Å². The Kier molecular flexibility index (Phi) is 80.7. The molecule has 0 spiro atoms. The van der Waals surface area contributed by atoms with E-state index in [1.807, 2.05) is 21.1 Å². The molecule has 106 heavy (non-hydrogen) atoms. The topological polar surface area (TPSA) is 111 Å². The van der Waals surface area contributed by atoms with Gasteiger partial charge >= 0.3 is 11.9 Å². The number of carbonyl (C=O) groups excluding carboxylic acids is 2. The maximum atomic E-state index is 12.9. The first-order valence-electron chi connectivity index (χ1n) is 43.8. The molecule has 606 valence electrons. The Morgan fingerprint density at radius 1 is 0.302 bits per heavy atom. The molecular weight excluding hydrogens is 1330 g/mol. The van der Waals surface area contributed by atoms with Crippen LogP contribution in [0.1, 0.15) is 373 Å². The molecule has 0 bridgehead atoms. The van der Waals surface area contributed by atoms with E-state index >= 15 is 0 Å². The van der Waals surface area contributed by atoms with E-state index in [1.54, 1.807) is 0 Å². The maximum Gasteiger partial charge on any atom is 0.306 e. The minimum atomic E-state index is -4.66. The van der Waals surface area contributed by atoms with Crippen LogP contribution >= 0.6 is 7.82 Å². The summed E-state index contributed by atoms with van der Waals surface area (Å²) < 4.78 is 34.4. The van der Waals surface area contributed by atoms with Gasteiger partial charge in [-0.2, -0.15) is 0 Å². The Labute approximate surface area is 655 Å². The maximum absolute atomic E-state index is 12.9. The molecule has 2 unspecified atom stereocenters. The second kappa shape index (κ2) is 84.4. The highest BCUT2D eigenvalue weighted by atomic mass is 31.2. The minimum Gasteiger partial charge on any atom is -0.756 e. The molecule has 0 fully saturated rings. The zero-order valence-corrected chi connectivity index (χ0v) is 70.2. The summed E-state index contributed by atoms with van der Waals surface area (Å²) in [4.78, 5) is 38.3. The van der Waals surface area contributed by atoms with E-state index in [2.05, 4.69) is 184 Å². The largest absolute Gasteiger partial charge is 0.756 e. The Morgan fingerprint density at radius 3 is 0.802 bits per heavy atom. The fraction of sp³-hybridized carbons (Fsp3) is 0.688. The number of likely N-dealkylation sites (N-methyl/N-ethyl adjacent to an activating group) is 1. The van der Waals surface area contributed by atoms with Crippen LogP contribution in [0.2, 0.25) is 0 Å². The third-order valence-electron chi connectivity index (χ3n) is 18.7. The zero-order chi connectivity index (χ0) is 76.8. The summed E-state index contributed by atoms with van der Waals surface area (Å²) in [6.45, 7) is 4.12. The summed E-state index contributed by atoms with van der Waals surface area (Å²) in [5.41, 5.74) is 0. The monoisotopic (exact) mass is 1490 g/mol. The van der Waals surface area contributed by atoms with E-state index in [1.165, 1.54) is 205 Å². The van der Waals surface area contributed by atoms with Gasteiger partial charge in [0.2, 0.25) is 0 Å². The van der Waals surface area contributed by atoms with E-state index in [-0.39, 0.29) is 32.0 Å². The van der Waals surface area contributed by atoms with E-state index in [4.69, 9.17) is 18.5 Å². The molecule has 0 saturated heterocycles. The molecule has 2 atom stereocenters. The van der Waals surface area contributed by atoms with E-state index < -0.39 is 26.5 Å². The molecule has 0 amide bonds. The van der Waals surface area contributed by atoms with Crippen molar-refractivity contribution >= 4 is 19.8 Å². The minimum absolute atomic E-state index is 0.0391. The van der Waals surface area contributed by atoms with Gasteiger partial charge in [-0.25, -0.2) is 0 Å². The predicted molar refractivity (Wildman–Crippen MR) is 461 cm³/mol. The van der Waals surface area contributed by atoms with Crippen molar-refractivity contribution in [2.24, 2.45) is 0 Å². The van der Waals surface area contributed by atoms with Crippen LogP contribution in [-0.2, 0) is 32.7 Å². The third-order valence-corrected chi connectivity index (χ3v) is 19.7. The highest BCUT2D eigenvalue weighted by Gasteiger charge is 2.22. The van der Waals surface area contributed by atoms with E-state index in [0.717, 1.165) is 135 Å². The number of nitrogens with zero attached hydrogens (tertiary/aromatic N) is 1. The number of unbranched alkanes of at least 4 members (excludes halogenated alkanes) is 38. The molecule has 10 heteroatoms. The lowest BCUT2D eigenvalue weighted by Gasteiger charge is -2.28. The van der Waals surface area contributed by atoms with E-state index in [9.17, 15) is 19.0 Å². The van der Waals surface area contributed by atoms with Crippen molar-refractivity contribution in [1.82, 2.24) is 0 Å². The summed E-state index contributed by atoms with van der Waals surface area (Å²) in [5.74, 6) is -0.842. The first-order chi connectivity index (χ1) is 52.0. The third kappa shape index (κ3) is 88.3. The lowest BCUT2D eigenvalue weighted by Crippen LogP contribution is -2.37. The molecule has 0 aromatic carbocycles. The number of phosphoric ester groups is 1. The summed E-state index contributed by atoms with van der Waals surface area (Å²) >= 11 is 0. The molecule has 0 heterocycles. The molecule has 0 aliphatic rings. The fourth-order valence-corrected chi connectivity index (χ4v) is 12.8. The molecular formula is C96H164NO8P. The second-order valence-electron chi connectivity index (χ2n) is 30.2. The average Bonchev–Trinajstić information content (AvgIpc) is 0.908. The van der Waals surface area contributed by atoms with Gasteiger partial charge in [-0.05, 0) is 135 Å². The number of rotatable bonds is 80. The van der Waals surface area contributed by atoms with Gasteiger partial charge in [0.15, 0.2) is 6.10 Å².